The van der Waals surface area contributed by atoms with Crippen LogP contribution in [0.3, 0.4) is 0 Å². The molecule has 1 aromatic carbocycles. The number of nitrogens with zero attached hydrogens (tertiary/aromatic N) is 5. The van der Waals surface area contributed by atoms with Crippen molar-refractivity contribution in [2.45, 2.75) is 39.3 Å². The Morgan fingerprint density at radius 2 is 2.00 bits per heavy atom. The summed E-state index contributed by atoms with van der Waals surface area (Å²) in [7, 11) is 3.75. The topological polar surface area (TPSA) is 70.4 Å². The molecule has 2 heterocycles. The number of halogens is 1. The monoisotopic (exact) mass is 483 g/mol. The molecule has 0 saturated carbocycles. The fourth-order valence-corrected chi connectivity index (χ4v) is 3.22. The van der Waals surface area contributed by atoms with Crippen LogP contribution in [0.25, 0.3) is 0 Å². The molecule has 0 spiro atoms. The summed E-state index contributed by atoms with van der Waals surface area (Å²) in [5, 5.41) is 15.0. The summed E-state index contributed by atoms with van der Waals surface area (Å²) < 4.78 is 1.98. The lowest BCUT2D eigenvalue weighted by molar-refractivity contribution is 0.667. The van der Waals surface area contributed by atoms with Crippen molar-refractivity contribution < 1.29 is 0 Å². The number of aryl methyl sites for hydroxylation is 1. The summed E-state index contributed by atoms with van der Waals surface area (Å²) in [5.41, 5.74) is 2.57. The standard InChI is InChI=1S/C19H29N7.HI/c1-14(16-8-7-9-17(12-16)26-10-5-6-11-26)22-19(20-3)21-13-18-24-23-15(2)25(18)4;/h7-9,12,14H,5-6,10-11,13H2,1-4H3,(H2,20,21,22);1H. The first-order chi connectivity index (χ1) is 12.6. The lowest BCUT2D eigenvalue weighted by atomic mass is 10.1. The number of anilines is 1. The maximum Gasteiger partial charge on any atom is 0.191 e. The number of rotatable bonds is 5. The molecule has 1 fully saturated rings. The summed E-state index contributed by atoms with van der Waals surface area (Å²) in [5.74, 6) is 2.54. The average molecular weight is 483 g/mol. The Labute approximate surface area is 178 Å². The molecule has 1 atom stereocenters. The Kier molecular flexibility index (Phi) is 7.88. The van der Waals surface area contributed by atoms with Gasteiger partial charge in [-0.1, -0.05) is 12.1 Å². The largest absolute Gasteiger partial charge is 0.372 e. The Bertz CT molecular complexity index is 765. The molecule has 27 heavy (non-hydrogen) atoms. The van der Waals surface area contributed by atoms with E-state index < -0.39 is 0 Å². The molecule has 0 radical (unpaired) electrons. The fraction of sp³-hybridized carbons (Fsp3) is 0.526. The van der Waals surface area contributed by atoms with Crippen LogP contribution in [0.4, 0.5) is 5.69 Å². The van der Waals surface area contributed by atoms with Gasteiger partial charge in [-0.15, -0.1) is 34.2 Å². The SMILES string of the molecule is CN=C(NCc1nnc(C)n1C)NC(C)c1cccc(N2CCCC2)c1.I. The van der Waals surface area contributed by atoms with Gasteiger partial charge < -0.3 is 20.1 Å². The first-order valence-corrected chi connectivity index (χ1v) is 9.25. The second-order valence-corrected chi connectivity index (χ2v) is 6.80. The second kappa shape index (κ2) is 9.91. The molecule has 0 aliphatic carbocycles. The molecule has 148 valence electrons. The van der Waals surface area contributed by atoms with E-state index in [-0.39, 0.29) is 30.0 Å². The highest BCUT2D eigenvalue weighted by molar-refractivity contribution is 14.0. The molecule has 1 saturated heterocycles. The van der Waals surface area contributed by atoms with Gasteiger partial charge in [-0.3, -0.25) is 4.99 Å². The Morgan fingerprint density at radius 3 is 2.63 bits per heavy atom. The minimum Gasteiger partial charge on any atom is -0.372 e. The van der Waals surface area contributed by atoms with Gasteiger partial charge in [-0.2, -0.15) is 0 Å². The molecule has 0 amide bonds. The van der Waals surface area contributed by atoms with Gasteiger partial charge in [-0.05, 0) is 44.4 Å². The van der Waals surface area contributed by atoms with Crippen molar-refractivity contribution in [2.75, 3.05) is 25.0 Å². The van der Waals surface area contributed by atoms with Crippen LogP contribution >= 0.6 is 24.0 Å². The van der Waals surface area contributed by atoms with E-state index in [1.807, 2.05) is 18.5 Å². The van der Waals surface area contributed by atoms with Crippen molar-refractivity contribution in [1.82, 2.24) is 25.4 Å². The van der Waals surface area contributed by atoms with Crippen LogP contribution < -0.4 is 15.5 Å². The van der Waals surface area contributed by atoms with Gasteiger partial charge in [0.2, 0.25) is 0 Å². The fourth-order valence-electron chi connectivity index (χ4n) is 3.22. The zero-order valence-electron chi connectivity index (χ0n) is 16.6. The summed E-state index contributed by atoms with van der Waals surface area (Å²) in [4.78, 5) is 6.79. The van der Waals surface area contributed by atoms with E-state index in [9.17, 15) is 0 Å². The molecule has 3 rings (SSSR count). The van der Waals surface area contributed by atoms with E-state index in [0.29, 0.717) is 6.54 Å². The number of hydrogen-bond acceptors (Lipinski definition) is 4. The highest BCUT2D eigenvalue weighted by Crippen LogP contribution is 2.23. The van der Waals surface area contributed by atoms with Crippen LogP contribution in [0.15, 0.2) is 29.3 Å². The van der Waals surface area contributed by atoms with Crippen molar-refractivity contribution in [3.8, 4) is 0 Å². The molecule has 1 unspecified atom stereocenters. The van der Waals surface area contributed by atoms with Crippen LogP contribution in [0.5, 0.6) is 0 Å². The normalized spacial score (nSPS) is 15.4. The predicted octanol–water partition coefficient (Wildman–Crippen LogP) is 2.77. The zero-order valence-corrected chi connectivity index (χ0v) is 18.9. The molecule has 2 aromatic rings. The van der Waals surface area contributed by atoms with Gasteiger partial charge in [-0.25, -0.2) is 0 Å². The third-order valence-electron chi connectivity index (χ3n) is 5.01. The zero-order chi connectivity index (χ0) is 18.5. The number of benzene rings is 1. The second-order valence-electron chi connectivity index (χ2n) is 6.80. The van der Waals surface area contributed by atoms with Crippen LogP contribution in [0.1, 0.15) is 43.0 Å². The highest BCUT2D eigenvalue weighted by atomic mass is 127. The quantitative estimate of drug-likeness (QED) is 0.389. The van der Waals surface area contributed by atoms with Gasteiger partial charge in [0.05, 0.1) is 12.6 Å². The molecular weight excluding hydrogens is 453 g/mol. The van der Waals surface area contributed by atoms with Crippen LogP contribution in [0.2, 0.25) is 0 Å². The van der Waals surface area contributed by atoms with Crippen molar-refractivity contribution in [3.63, 3.8) is 0 Å². The van der Waals surface area contributed by atoms with E-state index in [4.69, 9.17) is 0 Å². The molecule has 8 heteroatoms. The molecule has 0 bridgehead atoms. The first-order valence-electron chi connectivity index (χ1n) is 9.25. The predicted molar refractivity (Wildman–Crippen MR) is 121 cm³/mol. The molecule has 1 aromatic heterocycles. The Morgan fingerprint density at radius 1 is 1.26 bits per heavy atom. The van der Waals surface area contributed by atoms with Crippen molar-refractivity contribution in [1.29, 1.82) is 0 Å². The van der Waals surface area contributed by atoms with Gasteiger partial charge in [0.25, 0.3) is 0 Å². The number of hydrogen-bond donors (Lipinski definition) is 2. The van der Waals surface area contributed by atoms with Gasteiger partial charge in [0.1, 0.15) is 5.82 Å². The third kappa shape index (κ3) is 5.33. The summed E-state index contributed by atoms with van der Waals surface area (Å²) in [6.45, 7) is 7.00. The number of guanidine groups is 1. The molecule has 1 aliphatic rings. The Hall–Kier alpha value is -1.84. The lowest BCUT2D eigenvalue weighted by Crippen LogP contribution is -2.38. The maximum atomic E-state index is 4.33. The van der Waals surface area contributed by atoms with Gasteiger partial charge in [0.15, 0.2) is 11.8 Å². The summed E-state index contributed by atoms with van der Waals surface area (Å²) in [6.07, 6.45) is 2.58. The third-order valence-corrected chi connectivity index (χ3v) is 5.01. The highest BCUT2D eigenvalue weighted by Gasteiger charge is 2.15. The molecule has 7 nitrogen and oxygen atoms in total. The minimum atomic E-state index is 0. The van der Waals surface area contributed by atoms with E-state index in [2.05, 4.69) is 61.9 Å². The number of aromatic nitrogens is 3. The van der Waals surface area contributed by atoms with Crippen LogP contribution in [-0.2, 0) is 13.6 Å². The first kappa shape index (κ1) is 21.5. The molecular formula is C19H30IN7. The summed E-state index contributed by atoms with van der Waals surface area (Å²) >= 11 is 0. The average Bonchev–Trinajstić information content (AvgIpc) is 3.30. The van der Waals surface area contributed by atoms with E-state index in [0.717, 1.165) is 30.7 Å². The lowest BCUT2D eigenvalue weighted by Gasteiger charge is -2.22. The Balaban J connectivity index is 0.00000261. The molecule has 1 aliphatic heterocycles. The van der Waals surface area contributed by atoms with Crippen molar-refractivity contribution in [3.05, 3.63) is 41.5 Å². The minimum absolute atomic E-state index is 0. The summed E-state index contributed by atoms with van der Waals surface area (Å²) in [6, 6.07) is 8.94. The number of aliphatic imine (C=N–C) groups is 1. The molecule has 2 N–H and O–H groups in total. The van der Waals surface area contributed by atoms with E-state index >= 15 is 0 Å². The van der Waals surface area contributed by atoms with Crippen LogP contribution in [-0.4, -0.2) is 40.9 Å². The van der Waals surface area contributed by atoms with E-state index in [1.54, 1.807) is 7.05 Å². The smallest absolute Gasteiger partial charge is 0.191 e. The number of nitrogens with one attached hydrogen (secondary N) is 2. The van der Waals surface area contributed by atoms with Gasteiger partial charge >= 0.3 is 0 Å². The van der Waals surface area contributed by atoms with E-state index in [1.165, 1.54) is 24.1 Å². The van der Waals surface area contributed by atoms with Crippen LogP contribution in [0, 0.1) is 6.92 Å². The maximum absolute atomic E-state index is 4.33. The van der Waals surface area contributed by atoms with Gasteiger partial charge in [0, 0.05) is 32.9 Å². The van der Waals surface area contributed by atoms with Crippen molar-refractivity contribution in [2.24, 2.45) is 12.0 Å². The van der Waals surface area contributed by atoms with Crippen molar-refractivity contribution >= 4 is 35.6 Å².